The molecule has 19 heavy (non-hydrogen) atoms. The van der Waals surface area contributed by atoms with Gasteiger partial charge in [0.05, 0.1) is 23.9 Å². The summed E-state index contributed by atoms with van der Waals surface area (Å²) < 4.78 is 6.89. The zero-order chi connectivity index (χ0) is 14.5. The van der Waals surface area contributed by atoms with Crippen LogP contribution in [0.1, 0.15) is 36.3 Å². The van der Waals surface area contributed by atoms with E-state index < -0.39 is 5.54 Å². The minimum absolute atomic E-state index is 0.126. The third-order valence-electron chi connectivity index (χ3n) is 2.88. The standard InChI is InChI=1S/C13H24N4O2/c1-10-11(8-15-17(10)7-5-6-14)12(18)16-13(2,3)9-19-4/h8H,5-7,9,14H2,1-4H3,(H,16,18). The Bertz CT molecular complexity index is 426. The smallest absolute Gasteiger partial charge is 0.255 e. The number of amides is 1. The average Bonchev–Trinajstić information content (AvgIpc) is 2.67. The zero-order valence-corrected chi connectivity index (χ0v) is 12.2. The number of carbonyl (C=O) groups is 1. The van der Waals surface area contributed by atoms with E-state index in [4.69, 9.17) is 10.5 Å². The fourth-order valence-electron chi connectivity index (χ4n) is 1.91. The van der Waals surface area contributed by atoms with Gasteiger partial charge in [0.25, 0.3) is 5.91 Å². The van der Waals surface area contributed by atoms with Gasteiger partial charge in [0, 0.05) is 19.3 Å². The second-order valence-corrected chi connectivity index (χ2v) is 5.28. The number of methoxy groups -OCH3 is 1. The van der Waals surface area contributed by atoms with Crippen molar-refractivity contribution in [3.8, 4) is 0 Å². The van der Waals surface area contributed by atoms with Gasteiger partial charge in [0.2, 0.25) is 0 Å². The second-order valence-electron chi connectivity index (χ2n) is 5.28. The molecule has 6 heteroatoms. The van der Waals surface area contributed by atoms with Gasteiger partial charge in [-0.15, -0.1) is 0 Å². The van der Waals surface area contributed by atoms with Gasteiger partial charge in [-0.05, 0) is 33.7 Å². The lowest BCUT2D eigenvalue weighted by Crippen LogP contribution is -2.46. The molecule has 0 aliphatic carbocycles. The fourth-order valence-corrected chi connectivity index (χ4v) is 1.91. The van der Waals surface area contributed by atoms with Gasteiger partial charge in [-0.3, -0.25) is 9.48 Å². The van der Waals surface area contributed by atoms with Gasteiger partial charge in [-0.25, -0.2) is 0 Å². The minimum Gasteiger partial charge on any atom is -0.382 e. The quantitative estimate of drug-likeness (QED) is 0.762. The Labute approximate surface area is 114 Å². The monoisotopic (exact) mass is 268 g/mol. The summed E-state index contributed by atoms with van der Waals surface area (Å²) in [6.45, 7) is 7.53. The van der Waals surface area contributed by atoms with Gasteiger partial charge < -0.3 is 15.8 Å². The molecule has 0 aliphatic rings. The number of nitrogens with zero attached hydrogens (tertiary/aromatic N) is 2. The molecule has 0 bridgehead atoms. The van der Waals surface area contributed by atoms with Gasteiger partial charge in [-0.2, -0.15) is 5.10 Å². The number of hydrogen-bond acceptors (Lipinski definition) is 4. The normalized spacial score (nSPS) is 11.6. The molecule has 0 spiro atoms. The SMILES string of the molecule is COCC(C)(C)NC(=O)c1cnn(CCCN)c1C. The third-order valence-corrected chi connectivity index (χ3v) is 2.88. The van der Waals surface area contributed by atoms with Crippen LogP contribution in [0.4, 0.5) is 0 Å². The van der Waals surface area contributed by atoms with Crippen LogP contribution >= 0.6 is 0 Å². The summed E-state index contributed by atoms with van der Waals surface area (Å²) in [5.74, 6) is -0.126. The summed E-state index contributed by atoms with van der Waals surface area (Å²) in [6, 6.07) is 0. The van der Waals surface area contributed by atoms with Crippen LogP contribution in [0.3, 0.4) is 0 Å². The average molecular weight is 268 g/mol. The summed E-state index contributed by atoms with van der Waals surface area (Å²) in [5.41, 5.74) is 6.53. The number of nitrogens with two attached hydrogens (primary N) is 1. The molecule has 1 aromatic heterocycles. The van der Waals surface area contributed by atoms with Crippen LogP contribution in [0.15, 0.2) is 6.20 Å². The van der Waals surface area contributed by atoms with Crippen molar-refractivity contribution in [1.82, 2.24) is 15.1 Å². The van der Waals surface area contributed by atoms with E-state index in [9.17, 15) is 4.79 Å². The highest BCUT2D eigenvalue weighted by molar-refractivity contribution is 5.95. The van der Waals surface area contributed by atoms with Crippen LogP contribution < -0.4 is 11.1 Å². The van der Waals surface area contributed by atoms with Crippen molar-refractivity contribution < 1.29 is 9.53 Å². The summed E-state index contributed by atoms with van der Waals surface area (Å²) >= 11 is 0. The Hall–Kier alpha value is -1.40. The summed E-state index contributed by atoms with van der Waals surface area (Å²) in [5, 5.41) is 7.16. The molecule has 6 nitrogen and oxygen atoms in total. The van der Waals surface area contributed by atoms with E-state index in [-0.39, 0.29) is 5.91 Å². The molecule has 1 aromatic rings. The van der Waals surface area contributed by atoms with E-state index in [0.29, 0.717) is 18.7 Å². The highest BCUT2D eigenvalue weighted by Crippen LogP contribution is 2.10. The number of carbonyl (C=O) groups excluding carboxylic acids is 1. The molecule has 0 aliphatic heterocycles. The van der Waals surface area contributed by atoms with E-state index in [1.165, 1.54) is 0 Å². The number of aromatic nitrogens is 2. The van der Waals surface area contributed by atoms with Crippen molar-refractivity contribution in [2.75, 3.05) is 20.3 Å². The molecule has 0 atom stereocenters. The van der Waals surface area contributed by atoms with E-state index in [2.05, 4.69) is 10.4 Å². The maximum absolute atomic E-state index is 12.2. The first kappa shape index (κ1) is 15.7. The number of nitrogens with one attached hydrogen (secondary N) is 1. The first-order valence-corrected chi connectivity index (χ1v) is 6.45. The van der Waals surface area contributed by atoms with Gasteiger partial charge in [-0.1, -0.05) is 0 Å². The van der Waals surface area contributed by atoms with Crippen LogP contribution in [0.5, 0.6) is 0 Å². The maximum Gasteiger partial charge on any atom is 0.255 e. The zero-order valence-electron chi connectivity index (χ0n) is 12.2. The predicted molar refractivity (Wildman–Crippen MR) is 74.1 cm³/mol. The van der Waals surface area contributed by atoms with Crippen molar-refractivity contribution in [3.63, 3.8) is 0 Å². The van der Waals surface area contributed by atoms with Crippen LogP contribution in [0, 0.1) is 6.92 Å². The highest BCUT2D eigenvalue weighted by Gasteiger charge is 2.23. The van der Waals surface area contributed by atoms with Gasteiger partial charge in [0.1, 0.15) is 0 Å². The summed E-state index contributed by atoms with van der Waals surface area (Å²) in [6.07, 6.45) is 2.45. The number of aryl methyl sites for hydroxylation is 1. The van der Waals surface area contributed by atoms with Crippen LogP contribution in [0.25, 0.3) is 0 Å². The Balaban J connectivity index is 2.75. The molecule has 1 heterocycles. The first-order valence-electron chi connectivity index (χ1n) is 6.45. The third kappa shape index (κ3) is 4.33. The Morgan fingerprint density at radius 2 is 2.26 bits per heavy atom. The molecular weight excluding hydrogens is 244 g/mol. The number of hydrogen-bond donors (Lipinski definition) is 2. The van der Waals surface area contributed by atoms with E-state index in [0.717, 1.165) is 18.7 Å². The summed E-state index contributed by atoms with van der Waals surface area (Å²) in [7, 11) is 1.62. The topological polar surface area (TPSA) is 82.2 Å². The molecule has 3 N–H and O–H groups in total. The van der Waals surface area contributed by atoms with Crippen molar-refractivity contribution in [2.45, 2.75) is 39.3 Å². The molecule has 0 saturated carbocycles. The minimum atomic E-state index is -0.405. The van der Waals surface area contributed by atoms with Crippen molar-refractivity contribution in [3.05, 3.63) is 17.5 Å². The molecule has 0 aromatic carbocycles. The lowest BCUT2D eigenvalue weighted by Gasteiger charge is -2.25. The van der Waals surface area contributed by atoms with Crippen LogP contribution in [-0.2, 0) is 11.3 Å². The lowest BCUT2D eigenvalue weighted by atomic mass is 10.1. The Morgan fingerprint density at radius 3 is 2.84 bits per heavy atom. The molecular formula is C13H24N4O2. The molecule has 1 amide bonds. The molecule has 108 valence electrons. The summed E-state index contributed by atoms with van der Waals surface area (Å²) in [4.78, 5) is 12.2. The molecule has 0 saturated heterocycles. The van der Waals surface area contributed by atoms with E-state index in [1.807, 2.05) is 25.5 Å². The van der Waals surface area contributed by atoms with Crippen molar-refractivity contribution in [2.24, 2.45) is 5.73 Å². The molecule has 0 fully saturated rings. The second kappa shape index (κ2) is 6.68. The van der Waals surface area contributed by atoms with Crippen molar-refractivity contribution in [1.29, 1.82) is 0 Å². The maximum atomic E-state index is 12.2. The fraction of sp³-hybridized carbons (Fsp3) is 0.692. The highest BCUT2D eigenvalue weighted by atomic mass is 16.5. The largest absolute Gasteiger partial charge is 0.382 e. The van der Waals surface area contributed by atoms with E-state index in [1.54, 1.807) is 13.3 Å². The van der Waals surface area contributed by atoms with Gasteiger partial charge in [0.15, 0.2) is 0 Å². The molecule has 0 unspecified atom stereocenters. The Kier molecular flexibility index (Phi) is 5.50. The molecule has 0 radical (unpaired) electrons. The Morgan fingerprint density at radius 1 is 1.58 bits per heavy atom. The van der Waals surface area contributed by atoms with Crippen LogP contribution in [-0.4, -0.2) is 41.5 Å². The number of ether oxygens (including phenoxy) is 1. The first-order chi connectivity index (χ1) is 8.91. The lowest BCUT2D eigenvalue weighted by molar-refractivity contribution is 0.0819. The van der Waals surface area contributed by atoms with Crippen molar-refractivity contribution >= 4 is 5.91 Å². The predicted octanol–water partition coefficient (Wildman–Crippen LogP) is 0.695. The van der Waals surface area contributed by atoms with Gasteiger partial charge >= 0.3 is 0 Å². The van der Waals surface area contributed by atoms with Crippen LogP contribution in [0.2, 0.25) is 0 Å². The van der Waals surface area contributed by atoms with E-state index >= 15 is 0 Å². The molecule has 1 rings (SSSR count). The number of rotatable bonds is 7.